The van der Waals surface area contributed by atoms with E-state index in [0.717, 1.165) is 45.2 Å². The molecule has 1 unspecified atom stereocenters. The summed E-state index contributed by atoms with van der Waals surface area (Å²) in [5.74, 6) is 0.0143. The van der Waals surface area contributed by atoms with E-state index < -0.39 is 0 Å². The Hall–Kier alpha value is -1.56. The molecule has 0 radical (unpaired) electrons. The van der Waals surface area contributed by atoms with Crippen molar-refractivity contribution in [1.82, 2.24) is 10.3 Å². The molecule has 1 aliphatic heterocycles. The number of rotatable bonds is 1. The summed E-state index contributed by atoms with van der Waals surface area (Å²) in [6.07, 6.45) is 0.840. The normalized spacial score (nSPS) is 16.9. The van der Waals surface area contributed by atoms with Gasteiger partial charge in [0.2, 0.25) is 0 Å². The number of phenolic OH excluding ortho intramolecular Hbond substituents is 1. The highest BCUT2D eigenvalue weighted by Crippen LogP contribution is 2.37. The van der Waals surface area contributed by atoms with Gasteiger partial charge in [-0.25, -0.2) is 4.39 Å². The third-order valence-corrected chi connectivity index (χ3v) is 4.71. The molecule has 6 heteroatoms. The summed E-state index contributed by atoms with van der Waals surface area (Å²) in [6.45, 7) is 0.788. The third-order valence-electron chi connectivity index (χ3n) is 4.22. The second kappa shape index (κ2) is 6.15. The molecule has 0 fully saturated rings. The number of hydrogen-bond donors (Lipinski definition) is 3. The Morgan fingerprint density at radius 1 is 1.17 bits per heavy atom. The van der Waals surface area contributed by atoms with Gasteiger partial charge in [0, 0.05) is 33.2 Å². The van der Waals surface area contributed by atoms with Gasteiger partial charge in [0.15, 0.2) is 0 Å². The number of nitrogens with one attached hydrogen (secondary N) is 2. The highest BCUT2D eigenvalue weighted by atomic mass is 79.9. The van der Waals surface area contributed by atoms with Gasteiger partial charge in [-0.2, -0.15) is 0 Å². The summed E-state index contributed by atoms with van der Waals surface area (Å²) in [4.78, 5) is 3.38. The Labute approximate surface area is 147 Å². The Balaban J connectivity index is 0.00000156. The standard InChI is InChI=1S/C17H14BrFN2O.ClH/c18-9-1-3-12(15(22)7-9)16-17-11(5-6-20-16)13-8-10(19)2-4-14(13)21-17;/h1-4,7-8,16,20-22H,5-6H2;1H. The first-order valence-corrected chi connectivity index (χ1v) is 7.94. The molecule has 120 valence electrons. The fraction of sp³-hybridized carbons (Fsp3) is 0.176. The summed E-state index contributed by atoms with van der Waals surface area (Å²) in [7, 11) is 0. The number of benzene rings is 2. The van der Waals surface area contributed by atoms with Crippen molar-refractivity contribution < 1.29 is 9.50 Å². The van der Waals surface area contributed by atoms with E-state index in [0.29, 0.717) is 0 Å². The maximum absolute atomic E-state index is 13.5. The molecule has 0 aliphatic carbocycles. The summed E-state index contributed by atoms with van der Waals surface area (Å²) < 4.78 is 14.4. The maximum atomic E-state index is 13.5. The van der Waals surface area contributed by atoms with E-state index >= 15 is 0 Å². The Bertz CT molecular complexity index is 880. The minimum absolute atomic E-state index is 0. The number of phenols is 1. The zero-order valence-electron chi connectivity index (χ0n) is 12.1. The highest BCUT2D eigenvalue weighted by Gasteiger charge is 2.27. The molecule has 0 spiro atoms. The fourth-order valence-electron chi connectivity index (χ4n) is 3.23. The van der Waals surface area contributed by atoms with E-state index in [-0.39, 0.29) is 30.0 Å². The average molecular weight is 398 g/mol. The minimum atomic E-state index is -0.226. The van der Waals surface area contributed by atoms with Gasteiger partial charge in [-0.15, -0.1) is 12.4 Å². The van der Waals surface area contributed by atoms with Crippen LogP contribution in [0.4, 0.5) is 4.39 Å². The van der Waals surface area contributed by atoms with Gasteiger partial charge in [0.05, 0.1) is 6.04 Å². The first kappa shape index (κ1) is 16.3. The van der Waals surface area contributed by atoms with Crippen LogP contribution in [0.1, 0.15) is 22.9 Å². The third kappa shape index (κ3) is 2.73. The summed E-state index contributed by atoms with van der Waals surface area (Å²) in [5, 5.41) is 14.6. The average Bonchev–Trinajstić information content (AvgIpc) is 2.85. The van der Waals surface area contributed by atoms with Gasteiger partial charge in [-0.3, -0.25) is 0 Å². The largest absolute Gasteiger partial charge is 0.508 e. The predicted octanol–water partition coefficient (Wildman–Crippen LogP) is 4.43. The minimum Gasteiger partial charge on any atom is -0.508 e. The molecule has 4 rings (SSSR count). The molecule has 0 amide bonds. The molecular weight excluding hydrogens is 383 g/mol. The quantitative estimate of drug-likeness (QED) is 0.569. The molecule has 1 aliphatic rings. The summed E-state index contributed by atoms with van der Waals surface area (Å²) in [6, 6.07) is 10.2. The van der Waals surface area contributed by atoms with Crippen molar-refractivity contribution in [2.45, 2.75) is 12.5 Å². The van der Waals surface area contributed by atoms with Gasteiger partial charge in [0.25, 0.3) is 0 Å². The number of aromatic amines is 1. The molecule has 0 saturated carbocycles. The van der Waals surface area contributed by atoms with Crippen LogP contribution in [0, 0.1) is 5.82 Å². The number of hydrogen-bond acceptors (Lipinski definition) is 2. The molecule has 0 saturated heterocycles. The smallest absolute Gasteiger partial charge is 0.123 e. The SMILES string of the molecule is Cl.Oc1cc(Br)ccc1C1NCCc2c1[nH]c1ccc(F)cc21. The van der Waals surface area contributed by atoms with E-state index in [9.17, 15) is 9.50 Å². The van der Waals surface area contributed by atoms with Gasteiger partial charge >= 0.3 is 0 Å². The number of aromatic hydroxyl groups is 1. The van der Waals surface area contributed by atoms with Crippen LogP contribution in [0.25, 0.3) is 10.9 Å². The van der Waals surface area contributed by atoms with Gasteiger partial charge in [0.1, 0.15) is 11.6 Å². The molecular formula is C17H15BrClFN2O. The molecule has 3 nitrogen and oxygen atoms in total. The van der Waals surface area contributed by atoms with Crippen LogP contribution in [0.2, 0.25) is 0 Å². The number of H-pyrrole nitrogens is 1. The lowest BCUT2D eigenvalue weighted by Crippen LogP contribution is -2.30. The van der Waals surface area contributed by atoms with Crippen LogP contribution in [0.5, 0.6) is 5.75 Å². The lowest BCUT2D eigenvalue weighted by molar-refractivity contribution is 0.452. The number of halogens is 3. The van der Waals surface area contributed by atoms with Crippen LogP contribution in [0.3, 0.4) is 0 Å². The molecule has 3 N–H and O–H groups in total. The number of aromatic nitrogens is 1. The van der Waals surface area contributed by atoms with E-state index in [1.54, 1.807) is 18.2 Å². The zero-order chi connectivity index (χ0) is 15.3. The predicted molar refractivity (Wildman–Crippen MR) is 94.9 cm³/mol. The fourth-order valence-corrected chi connectivity index (χ4v) is 3.58. The second-order valence-electron chi connectivity index (χ2n) is 5.55. The maximum Gasteiger partial charge on any atom is 0.123 e. The first-order valence-electron chi connectivity index (χ1n) is 7.15. The van der Waals surface area contributed by atoms with Crippen LogP contribution < -0.4 is 5.32 Å². The number of fused-ring (bicyclic) bond motifs is 3. The topological polar surface area (TPSA) is 48.0 Å². The van der Waals surface area contributed by atoms with Crippen molar-refractivity contribution >= 4 is 39.2 Å². The van der Waals surface area contributed by atoms with Crippen LogP contribution >= 0.6 is 28.3 Å². The zero-order valence-corrected chi connectivity index (χ0v) is 14.5. The molecule has 1 aromatic heterocycles. The summed E-state index contributed by atoms with van der Waals surface area (Å²) in [5.41, 5.74) is 3.87. The molecule has 0 bridgehead atoms. The Morgan fingerprint density at radius 3 is 2.78 bits per heavy atom. The van der Waals surface area contributed by atoms with E-state index in [1.807, 2.05) is 12.1 Å². The van der Waals surface area contributed by atoms with Gasteiger partial charge in [-0.05, 0) is 42.3 Å². The van der Waals surface area contributed by atoms with Gasteiger partial charge in [-0.1, -0.05) is 22.0 Å². The van der Waals surface area contributed by atoms with Crippen LogP contribution in [0.15, 0.2) is 40.9 Å². The van der Waals surface area contributed by atoms with Crippen molar-refractivity contribution in [3.8, 4) is 5.75 Å². The van der Waals surface area contributed by atoms with E-state index in [2.05, 4.69) is 26.2 Å². The van der Waals surface area contributed by atoms with Crippen LogP contribution in [-0.2, 0) is 6.42 Å². The summed E-state index contributed by atoms with van der Waals surface area (Å²) >= 11 is 3.36. The molecule has 2 heterocycles. The lowest BCUT2D eigenvalue weighted by atomic mass is 9.94. The van der Waals surface area contributed by atoms with E-state index in [1.165, 1.54) is 6.07 Å². The first-order chi connectivity index (χ1) is 10.6. The lowest BCUT2D eigenvalue weighted by Gasteiger charge is -2.25. The van der Waals surface area contributed by atoms with Gasteiger partial charge < -0.3 is 15.4 Å². The Kier molecular flexibility index (Phi) is 4.36. The molecule has 2 aromatic carbocycles. The van der Waals surface area contributed by atoms with Crippen molar-refractivity contribution in [3.05, 3.63) is 63.5 Å². The second-order valence-corrected chi connectivity index (χ2v) is 6.46. The van der Waals surface area contributed by atoms with Crippen molar-refractivity contribution in [2.75, 3.05) is 6.54 Å². The molecule has 1 atom stereocenters. The molecule has 3 aromatic rings. The highest BCUT2D eigenvalue weighted by molar-refractivity contribution is 9.10. The monoisotopic (exact) mass is 396 g/mol. The van der Waals surface area contributed by atoms with Crippen molar-refractivity contribution in [3.63, 3.8) is 0 Å². The van der Waals surface area contributed by atoms with Crippen molar-refractivity contribution in [1.29, 1.82) is 0 Å². The van der Waals surface area contributed by atoms with Crippen molar-refractivity contribution in [2.24, 2.45) is 0 Å². The van der Waals surface area contributed by atoms with Crippen LogP contribution in [-0.4, -0.2) is 16.6 Å². The molecule has 23 heavy (non-hydrogen) atoms. The Morgan fingerprint density at radius 2 is 2.00 bits per heavy atom. The van der Waals surface area contributed by atoms with E-state index in [4.69, 9.17) is 0 Å².